The molecule has 0 aliphatic rings. The van der Waals surface area contributed by atoms with Gasteiger partial charge >= 0.3 is 0 Å². The lowest BCUT2D eigenvalue weighted by Gasteiger charge is -2.36. The van der Waals surface area contributed by atoms with Crippen molar-refractivity contribution in [3.8, 4) is 0 Å². The Bertz CT molecular complexity index is 1650. The SMILES string of the molecule is CCC(P(c1c(F)c(F)c(F)c(F)c1F)c1c(F)c(F)c(F)c(F)c1F)P(c1c(F)c(F)c(F)c(F)c1F)c1c(F)c(F)c(F)c(F)c1F. The lowest BCUT2D eigenvalue weighted by Crippen LogP contribution is -2.38. The summed E-state index contributed by atoms with van der Waals surface area (Å²) in [6, 6.07) is 0. The molecule has 4 rings (SSSR count). The quantitative estimate of drug-likeness (QED) is 0.0764. The van der Waals surface area contributed by atoms with Gasteiger partial charge in [-0.25, -0.2) is 87.8 Å². The predicted octanol–water partition coefficient (Wildman–Crippen LogP) is 8.77. The molecule has 0 aromatic heterocycles. The fraction of sp³-hybridized carbons (Fsp3) is 0.111. The van der Waals surface area contributed by atoms with Gasteiger partial charge in [0.1, 0.15) is 0 Å². The molecule has 4 aromatic rings. The minimum atomic E-state index is -4.89. The maximum atomic E-state index is 15.3. The van der Waals surface area contributed by atoms with Crippen LogP contribution in [0.5, 0.6) is 0 Å². The van der Waals surface area contributed by atoms with Gasteiger partial charge in [0.25, 0.3) is 0 Å². The molecule has 0 heterocycles. The molecule has 0 saturated heterocycles. The van der Waals surface area contributed by atoms with E-state index in [1.54, 1.807) is 0 Å². The van der Waals surface area contributed by atoms with E-state index in [4.69, 9.17) is 0 Å². The van der Waals surface area contributed by atoms with Gasteiger partial charge < -0.3 is 0 Å². The second kappa shape index (κ2) is 13.6. The zero-order valence-corrected chi connectivity index (χ0v) is 24.5. The number of halogens is 20. The highest BCUT2D eigenvalue weighted by molar-refractivity contribution is 7.89. The molecular weight excluding hydrogens is 766 g/mol. The lowest BCUT2D eigenvalue weighted by molar-refractivity contribution is 0.382. The number of benzene rings is 4. The molecule has 0 atom stereocenters. The molecule has 0 spiro atoms. The smallest absolute Gasteiger partial charge is 0.200 e. The molecule has 0 aliphatic carbocycles. The van der Waals surface area contributed by atoms with Crippen molar-refractivity contribution in [3.05, 3.63) is 116 Å². The third kappa shape index (κ3) is 5.68. The molecule has 0 unspecified atom stereocenters. The summed E-state index contributed by atoms with van der Waals surface area (Å²) in [7, 11) is -9.77. The van der Waals surface area contributed by atoms with Gasteiger partial charge in [-0.2, -0.15) is 0 Å². The number of rotatable bonds is 7. The van der Waals surface area contributed by atoms with Crippen molar-refractivity contribution < 1.29 is 87.8 Å². The standard InChI is InChI=1S/C27H6F20P2/c1-2-3(48(24-16(40)8(32)4(28)9(33)17(24)41)25-18(42)10(34)5(29)11(35)19(25)43)49(26-20(44)12(36)6(30)13(37)21(26)45)27-22(46)14(38)7(31)15(39)23(27)47/h3H,2H2,1H3. The third-order valence-corrected chi connectivity index (χ3v) is 13.5. The highest BCUT2D eigenvalue weighted by Crippen LogP contribution is 2.60. The van der Waals surface area contributed by atoms with Gasteiger partial charge in [-0.3, -0.25) is 0 Å². The molecule has 0 nitrogen and oxygen atoms in total. The third-order valence-electron chi connectivity index (χ3n) is 6.67. The average Bonchev–Trinajstić information content (AvgIpc) is 3.08. The van der Waals surface area contributed by atoms with Crippen LogP contribution in [0.4, 0.5) is 87.8 Å². The molecule has 4 aromatic carbocycles. The van der Waals surface area contributed by atoms with Gasteiger partial charge in [-0.1, -0.05) is 6.92 Å². The van der Waals surface area contributed by atoms with Gasteiger partial charge in [0.15, 0.2) is 93.1 Å². The van der Waals surface area contributed by atoms with E-state index in [0.29, 0.717) is 6.92 Å². The van der Waals surface area contributed by atoms with Crippen molar-refractivity contribution in [1.82, 2.24) is 0 Å². The molecule has 49 heavy (non-hydrogen) atoms. The van der Waals surface area contributed by atoms with Crippen LogP contribution in [0.2, 0.25) is 0 Å². The van der Waals surface area contributed by atoms with Crippen LogP contribution in [-0.4, -0.2) is 5.40 Å². The summed E-state index contributed by atoms with van der Waals surface area (Å²) in [5, 5.41) is -13.8. The van der Waals surface area contributed by atoms with Gasteiger partial charge in [0.2, 0.25) is 23.3 Å². The van der Waals surface area contributed by atoms with Crippen LogP contribution in [0.1, 0.15) is 13.3 Å². The molecule has 0 radical (unpaired) electrons. The van der Waals surface area contributed by atoms with Crippen LogP contribution in [-0.2, 0) is 0 Å². The molecule has 0 bridgehead atoms. The lowest BCUT2D eigenvalue weighted by atomic mass is 10.3. The zero-order chi connectivity index (χ0) is 37.3. The van der Waals surface area contributed by atoms with Crippen molar-refractivity contribution in [2.24, 2.45) is 0 Å². The van der Waals surface area contributed by atoms with Crippen molar-refractivity contribution in [2.75, 3.05) is 0 Å². The molecule has 22 heteroatoms. The van der Waals surface area contributed by atoms with Crippen molar-refractivity contribution >= 4 is 37.1 Å². The van der Waals surface area contributed by atoms with Gasteiger partial charge in [0.05, 0.1) is 21.2 Å². The number of hydrogen-bond acceptors (Lipinski definition) is 0. The Morgan fingerprint density at radius 1 is 0.265 bits per heavy atom. The Kier molecular flexibility index (Phi) is 10.6. The fourth-order valence-electron chi connectivity index (χ4n) is 4.52. The maximum absolute atomic E-state index is 15.3. The van der Waals surface area contributed by atoms with Crippen LogP contribution in [0.25, 0.3) is 0 Å². The predicted molar refractivity (Wildman–Crippen MR) is 131 cm³/mol. The van der Waals surface area contributed by atoms with Crippen molar-refractivity contribution in [1.29, 1.82) is 0 Å². The fourth-order valence-corrected chi connectivity index (χ4v) is 11.7. The summed E-state index contributed by atoms with van der Waals surface area (Å²) in [6.07, 6.45) is -1.55. The minimum absolute atomic E-state index is 0.492. The summed E-state index contributed by atoms with van der Waals surface area (Å²) >= 11 is 0. The van der Waals surface area contributed by atoms with Crippen LogP contribution < -0.4 is 21.2 Å². The molecule has 0 N–H and O–H groups in total. The largest absolute Gasteiger partial charge is 0.203 e. The Morgan fingerprint density at radius 2 is 0.388 bits per heavy atom. The summed E-state index contributed by atoms with van der Waals surface area (Å²) in [6.45, 7) is 0.492. The first-order valence-electron chi connectivity index (χ1n) is 12.3. The van der Waals surface area contributed by atoms with Gasteiger partial charge in [-0.05, 0) is 22.3 Å². The molecule has 0 saturated carbocycles. The Labute approximate surface area is 260 Å². The van der Waals surface area contributed by atoms with E-state index in [-0.39, 0.29) is 0 Å². The van der Waals surface area contributed by atoms with Crippen LogP contribution in [0.15, 0.2) is 0 Å². The summed E-state index contributed by atoms with van der Waals surface area (Å²) in [5.41, 5.74) is 0. The van der Waals surface area contributed by atoms with E-state index in [2.05, 4.69) is 0 Å². The normalized spacial score (nSPS) is 12.0. The zero-order valence-electron chi connectivity index (χ0n) is 22.7. The van der Waals surface area contributed by atoms with E-state index >= 15 is 35.1 Å². The van der Waals surface area contributed by atoms with E-state index in [9.17, 15) is 52.7 Å². The maximum Gasteiger partial charge on any atom is 0.200 e. The first-order chi connectivity index (χ1) is 22.7. The van der Waals surface area contributed by atoms with E-state index in [1.165, 1.54) is 0 Å². The van der Waals surface area contributed by atoms with E-state index in [1.807, 2.05) is 0 Å². The summed E-state index contributed by atoms with van der Waals surface area (Å²) in [4.78, 5) is 0. The highest BCUT2D eigenvalue weighted by Gasteiger charge is 2.48. The number of hydrogen-bond donors (Lipinski definition) is 0. The first kappa shape index (κ1) is 38.1. The second-order valence-electron chi connectivity index (χ2n) is 9.30. The van der Waals surface area contributed by atoms with Gasteiger partial charge in [0, 0.05) is 5.40 Å². The Hall–Kier alpha value is -3.66. The molecule has 0 aliphatic heterocycles. The monoisotopic (exact) mass is 772 g/mol. The Balaban J connectivity index is 2.38. The van der Waals surface area contributed by atoms with Crippen LogP contribution >= 0.6 is 15.8 Å². The van der Waals surface area contributed by atoms with E-state index < -0.39 is 165 Å². The van der Waals surface area contributed by atoms with Gasteiger partial charge in [-0.15, -0.1) is 0 Å². The molecule has 0 amide bonds. The first-order valence-corrected chi connectivity index (χ1v) is 15.1. The van der Waals surface area contributed by atoms with E-state index in [0.717, 1.165) is 0 Å². The van der Waals surface area contributed by atoms with Crippen LogP contribution in [0.3, 0.4) is 0 Å². The summed E-state index contributed by atoms with van der Waals surface area (Å²) < 4.78 is 293. The topological polar surface area (TPSA) is 0 Å². The van der Waals surface area contributed by atoms with Crippen molar-refractivity contribution in [3.63, 3.8) is 0 Å². The highest BCUT2D eigenvalue weighted by atomic mass is 31.2. The summed E-state index contributed by atoms with van der Waals surface area (Å²) in [5.74, 6) is -61.9. The molecular formula is C27H6F20P2. The van der Waals surface area contributed by atoms with Crippen molar-refractivity contribution in [2.45, 2.75) is 18.7 Å². The molecule has 264 valence electrons. The Morgan fingerprint density at radius 3 is 0.510 bits per heavy atom. The van der Waals surface area contributed by atoms with Crippen LogP contribution in [0, 0.1) is 116 Å². The minimum Gasteiger partial charge on any atom is -0.203 e. The average molecular weight is 772 g/mol. The molecule has 0 fully saturated rings. The second-order valence-corrected chi connectivity index (χ2v) is 14.2.